The van der Waals surface area contributed by atoms with Crippen LogP contribution >= 0.6 is 11.6 Å². The van der Waals surface area contributed by atoms with Gasteiger partial charge < -0.3 is 5.32 Å². The maximum atomic E-state index is 12.7. The summed E-state index contributed by atoms with van der Waals surface area (Å²) in [5, 5.41) is 11.7. The third-order valence-corrected chi connectivity index (χ3v) is 6.48. The molecular formula is C19H15ClN2O4S. The Kier molecular flexibility index (Phi) is 5.31. The first-order valence-electron chi connectivity index (χ1n) is 8.18. The van der Waals surface area contributed by atoms with Gasteiger partial charge in [0.05, 0.1) is 20.9 Å². The van der Waals surface area contributed by atoms with Crippen molar-refractivity contribution in [3.8, 4) is 6.07 Å². The number of amides is 1. The van der Waals surface area contributed by atoms with Crippen LogP contribution in [0.25, 0.3) is 0 Å². The van der Waals surface area contributed by atoms with E-state index in [4.69, 9.17) is 16.9 Å². The molecule has 1 amide bonds. The number of Topliss-reactive ketones (excluding diaryl/α,β-unsaturated/α-hetero) is 1. The van der Waals surface area contributed by atoms with E-state index in [2.05, 4.69) is 5.32 Å². The van der Waals surface area contributed by atoms with Crippen LogP contribution in [-0.4, -0.2) is 20.1 Å². The predicted molar refractivity (Wildman–Crippen MR) is 98.8 cm³/mol. The van der Waals surface area contributed by atoms with Gasteiger partial charge in [-0.15, -0.1) is 0 Å². The molecule has 27 heavy (non-hydrogen) atoms. The SMILES string of the molecule is N#CC(C(=O)Nc1ccc(S(=O)(=O)c2ccccc2Cl)cc1)C(=O)C1CC1. The fourth-order valence-electron chi connectivity index (χ4n) is 2.58. The molecule has 3 rings (SSSR count). The van der Waals surface area contributed by atoms with Crippen LogP contribution in [0, 0.1) is 23.2 Å². The van der Waals surface area contributed by atoms with Gasteiger partial charge in [0.15, 0.2) is 11.7 Å². The molecule has 0 bridgehead atoms. The van der Waals surface area contributed by atoms with Gasteiger partial charge >= 0.3 is 0 Å². The van der Waals surface area contributed by atoms with Crippen molar-refractivity contribution in [2.24, 2.45) is 11.8 Å². The Morgan fingerprint density at radius 2 is 1.74 bits per heavy atom. The number of halogens is 1. The molecule has 1 saturated carbocycles. The zero-order valence-electron chi connectivity index (χ0n) is 14.1. The first-order chi connectivity index (χ1) is 12.8. The van der Waals surface area contributed by atoms with Gasteiger partial charge in [-0.2, -0.15) is 5.26 Å². The Labute approximate surface area is 161 Å². The van der Waals surface area contributed by atoms with Crippen LogP contribution in [0.4, 0.5) is 5.69 Å². The van der Waals surface area contributed by atoms with Crippen molar-refractivity contribution in [1.82, 2.24) is 0 Å². The third kappa shape index (κ3) is 4.02. The number of hydrogen-bond acceptors (Lipinski definition) is 5. The van der Waals surface area contributed by atoms with Crippen molar-refractivity contribution < 1.29 is 18.0 Å². The van der Waals surface area contributed by atoms with Crippen molar-refractivity contribution >= 4 is 38.8 Å². The highest BCUT2D eigenvalue weighted by atomic mass is 35.5. The van der Waals surface area contributed by atoms with E-state index >= 15 is 0 Å². The molecule has 0 radical (unpaired) electrons. The molecule has 138 valence electrons. The smallest absolute Gasteiger partial charge is 0.249 e. The van der Waals surface area contributed by atoms with Crippen molar-refractivity contribution in [3.05, 3.63) is 53.6 Å². The molecule has 2 aromatic carbocycles. The van der Waals surface area contributed by atoms with Crippen LogP contribution in [0.2, 0.25) is 5.02 Å². The fraction of sp³-hybridized carbons (Fsp3) is 0.211. The minimum Gasteiger partial charge on any atom is -0.325 e. The number of sulfone groups is 1. The van der Waals surface area contributed by atoms with Crippen molar-refractivity contribution in [2.75, 3.05) is 5.32 Å². The number of nitriles is 1. The Morgan fingerprint density at radius 1 is 1.11 bits per heavy atom. The van der Waals surface area contributed by atoms with Gasteiger partial charge in [0.2, 0.25) is 15.7 Å². The standard InChI is InChI=1S/C19H15ClN2O4S/c20-16-3-1-2-4-17(16)27(25,26)14-9-7-13(8-10-14)22-19(24)15(11-21)18(23)12-5-6-12/h1-4,7-10,12,15H,5-6H2,(H,22,24). The number of ketones is 1. The van der Waals surface area contributed by atoms with Crippen LogP contribution in [0.5, 0.6) is 0 Å². The normalized spacial score (nSPS) is 14.8. The summed E-state index contributed by atoms with van der Waals surface area (Å²) in [4.78, 5) is 24.1. The van der Waals surface area contributed by atoms with Gasteiger partial charge in [-0.3, -0.25) is 9.59 Å². The summed E-state index contributed by atoms with van der Waals surface area (Å²) >= 11 is 5.97. The Bertz CT molecular complexity index is 1040. The molecule has 0 saturated heterocycles. The second-order valence-electron chi connectivity index (χ2n) is 6.19. The van der Waals surface area contributed by atoms with Gasteiger partial charge in [-0.05, 0) is 49.2 Å². The average molecular weight is 403 g/mol. The van der Waals surface area contributed by atoms with Crippen molar-refractivity contribution in [2.45, 2.75) is 22.6 Å². The number of carbonyl (C=O) groups excluding carboxylic acids is 2. The Morgan fingerprint density at radius 3 is 2.30 bits per heavy atom. The molecule has 2 aromatic rings. The fourth-order valence-corrected chi connectivity index (χ4v) is 4.35. The van der Waals surface area contributed by atoms with Gasteiger partial charge in [0, 0.05) is 11.6 Å². The van der Waals surface area contributed by atoms with E-state index in [0.29, 0.717) is 18.5 Å². The molecule has 0 aliphatic heterocycles. The van der Waals surface area contributed by atoms with E-state index < -0.39 is 21.7 Å². The van der Waals surface area contributed by atoms with Crippen LogP contribution in [0.1, 0.15) is 12.8 Å². The van der Waals surface area contributed by atoms with Crippen LogP contribution in [0.15, 0.2) is 58.3 Å². The van der Waals surface area contributed by atoms with Gasteiger partial charge in [-0.25, -0.2) is 8.42 Å². The lowest BCUT2D eigenvalue weighted by Gasteiger charge is -2.10. The summed E-state index contributed by atoms with van der Waals surface area (Å²) < 4.78 is 25.3. The summed E-state index contributed by atoms with van der Waals surface area (Å²) in [6.45, 7) is 0. The Balaban J connectivity index is 1.77. The molecule has 1 aliphatic carbocycles. The summed E-state index contributed by atoms with van der Waals surface area (Å²) in [6, 6.07) is 13.3. The highest BCUT2D eigenvalue weighted by molar-refractivity contribution is 7.91. The molecule has 1 atom stereocenters. The summed E-state index contributed by atoms with van der Waals surface area (Å²) in [5.74, 6) is -2.64. The number of rotatable bonds is 6. The highest BCUT2D eigenvalue weighted by Crippen LogP contribution is 2.33. The number of hydrogen-bond donors (Lipinski definition) is 1. The maximum absolute atomic E-state index is 12.7. The number of anilines is 1. The number of carbonyl (C=O) groups is 2. The number of benzene rings is 2. The van der Waals surface area contributed by atoms with E-state index in [1.165, 1.54) is 36.4 Å². The molecule has 0 heterocycles. The zero-order valence-corrected chi connectivity index (χ0v) is 15.6. The van der Waals surface area contributed by atoms with E-state index in [0.717, 1.165) is 0 Å². The molecule has 1 fully saturated rings. The quantitative estimate of drug-likeness (QED) is 0.747. The molecule has 1 unspecified atom stereocenters. The molecule has 0 aromatic heterocycles. The number of nitrogens with zero attached hydrogens (tertiary/aromatic N) is 1. The molecular weight excluding hydrogens is 388 g/mol. The molecule has 0 spiro atoms. The number of nitrogens with one attached hydrogen (secondary N) is 1. The second-order valence-corrected chi connectivity index (χ2v) is 8.51. The second kappa shape index (κ2) is 7.51. The van der Waals surface area contributed by atoms with Crippen LogP contribution < -0.4 is 5.32 Å². The van der Waals surface area contributed by atoms with Gasteiger partial charge in [-0.1, -0.05) is 23.7 Å². The monoisotopic (exact) mass is 402 g/mol. The molecule has 1 aliphatic rings. The lowest BCUT2D eigenvalue weighted by molar-refractivity contribution is -0.129. The van der Waals surface area contributed by atoms with Gasteiger partial charge in [0.25, 0.3) is 0 Å². The molecule has 8 heteroatoms. The molecule has 1 N–H and O–H groups in total. The summed E-state index contributed by atoms with van der Waals surface area (Å²) in [5.41, 5.74) is 0.293. The van der Waals surface area contributed by atoms with E-state index in [1.54, 1.807) is 18.2 Å². The molecule has 6 nitrogen and oxygen atoms in total. The average Bonchev–Trinajstić information content (AvgIpc) is 3.48. The predicted octanol–water partition coefficient (Wildman–Crippen LogP) is 3.23. The largest absolute Gasteiger partial charge is 0.325 e. The highest BCUT2D eigenvalue weighted by Gasteiger charge is 2.38. The zero-order chi connectivity index (χ0) is 19.6. The lowest BCUT2D eigenvalue weighted by Crippen LogP contribution is -2.29. The maximum Gasteiger partial charge on any atom is 0.249 e. The minimum absolute atomic E-state index is 0.0111. The topological polar surface area (TPSA) is 104 Å². The first kappa shape index (κ1) is 19.1. The van der Waals surface area contributed by atoms with Crippen molar-refractivity contribution in [3.63, 3.8) is 0 Å². The van der Waals surface area contributed by atoms with Crippen molar-refractivity contribution in [1.29, 1.82) is 5.26 Å². The Hall–Kier alpha value is -2.69. The third-order valence-electron chi connectivity index (χ3n) is 4.21. The van der Waals surface area contributed by atoms with Crippen LogP contribution in [-0.2, 0) is 19.4 Å². The summed E-state index contributed by atoms with van der Waals surface area (Å²) in [6.07, 6.45) is 1.41. The van der Waals surface area contributed by atoms with Crippen LogP contribution in [0.3, 0.4) is 0 Å². The van der Waals surface area contributed by atoms with Gasteiger partial charge in [0.1, 0.15) is 0 Å². The lowest BCUT2D eigenvalue weighted by atomic mass is 10.0. The van der Waals surface area contributed by atoms with E-state index in [1.807, 2.05) is 0 Å². The van der Waals surface area contributed by atoms with E-state index in [9.17, 15) is 18.0 Å². The van der Waals surface area contributed by atoms with E-state index in [-0.39, 0.29) is 26.5 Å². The summed E-state index contributed by atoms with van der Waals surface area (Å²) in [7, 11) is -3.80. The minimum atomic E-state index is -3.80. The first-order valence-corrected chi connectivity index (χ1v) is 10.0.